The highest BCUT2D eigenvalue weighted by atomic mass is 35.5. The van der Waals surface area contributed by atoms with Crippen molar-refractivity contribution < 1.29 is 23.9 Å². The van der Waals surface area contributed by atoms with Crippen molar-refractivity contribution in [2.75, 3.05) is 36.3 Å². The van der Waals surface area contributed by atoms with E-state index in [9.17, 15) is 4.79 Å². The predicted molar refractivity (Wildman–Crippen MR) is 133 cm³/mol. The number of thioether (sulfide) groups is 1. The molecule has 1 amide bonds. The van der Waals surface area contributed by atoms with E-state index in [0.29, 0.717) is 24.3 Å². The summed E-state index contributed by atoms with van der Waals surface area (Å²) in [6.07, 6.45) is 7.34. The topological polar surface area (TPSA) is 140 Å². The maximum atomic E-state index is 10.2. The van der Waals surface area contributed by atoms with Crippen molar-refractivity contribution in [2.45, 2.75) is 70.4 Å². The molecule has 0 saturated heterocycles. The molecule has 0 radical (unpaired) electrons. The Hall–Kier alpha value is -0.820. The van der Waals surface area contributed by atoms with Crippen LogP contribution in [0, 0.1) is 5.92 Å². The summed E-state index contributed by atoms with van der Waals surface area (Å²) >= 11 is 8.46. The van der Waals surface area contributed by atoms with Crippen LogP contribution in [-0.4, -0.2) is 63.7 Å². The fraction of sp³-hybridized carbons (Fsp3) is 0.750. The molecule has 5 N–H and O–H groups in total. The molecule has 2 atom stereocenters. The summed E-state index contributed by atoms with van der Waals surface area (Å²) in [4.78, 5) is 18.3. The number of nitrogens with one attached hydrogen (secondary N) is 1. The monoisotopic (exact) mass is 512 g/mol. The maximum Gasteiger partial charge on any atom is 0.211 e. The number of halogens is 1. The standard InChI is InChI=1S/C8H11ClN4OS.C8H16O2.C4H10O2S/c1-2-3-15-8-12-6(9)5(11-4-14)7(10)13-8;1-7-2-3-8(6-7)10-5-4-9;1-4(2,5)6-7-3/h4H,2-3H2,1H3,(H,11,14)(H2,10,12,13);7-9H,2-6H2,1H3;5H,1-3H3. The summed E-state index contributed by atoms with van der Waals surface area (Å²) in [6, 6.07) is 0. The van der Waals surface area contributed by atoms with E-state index in [1.165, 1.54) is 31.0 Å². The Morgan fingerprint density at radius 2 is 2.06 bits per heavy atom. The van der Waals surface area contributed by atoms with Gasteiger partial charge in [-0.25, -0.2) is 9.97 Å². The van der Waals surface area contributed by atoms with Crippen molar-refractivity contribution in [3.8, 4) is 0 Å². The van der Waals surface area contributed by atoms with E-state index >= 15 is 0 Å². The third-order valence-corrected chi connectivity index (χ3v) is 5.79. The van der Waals surface area contributed by atoms with Crippen LogP contribution in [0.2, 0.25) is 5.15 Å². The lowest BCUT2D eigenvalue weighted by Gasteiger charge is -2.13. The van der Waals surface area contributed by atoms with E-state index in [1.54, 1.807) is 20.1 Å². The van der Waals surface area contributed by atoms with E-state index in [-0.39, 0.29) is 23.3 Å². The van der Waals surface area contributed by atoms with Gasteiger partial charge in [0.1, 0.15) is 5.69 Å². The lowest BCUT2D eigenvalue weighted by atomic mass is 10.1. The van der Waals surface area contributed by atoms with Crippen LogP contribution in [0.1, 0.15) is 53.4 Å². The number of hydrogen-bond donors (Lipinski definition) is 4. The zero-order chi connectivity index (χ0) is 24.6. The van der Waals surface area contributed by atoms with E-state index < -0.39 is 5.79 Å². The van der Waals surface area contributed by atoms with Crippen LogP contribution in [0.25, 0.3) is 0 Å². The smallest absolute Gasteiger partial charge is 0.211 e. The summed E-state index contributed by atoms with van der Waals surface area (Å²) < 4.78 is 10.1. The van der Waals surface area contributed by atoms with Gasteiger partial charge in [-0.05, 0) is 57.5 Å². The number of nitrogens with zero attached hydrogens (tertiary/aromatic N) is 2. The van der Waals surface area contributed by atoms with Gasteiger partial charge in [0.2, 0.25) is 6.41 Å². The van der Waals surface area contributed by atoms with Gasteiger partial charge in [-0.15, -0.1) is 0 Å². The Balaban J connectivity index is 0.000000489. The molecular weight excluding hydrogens is 476 g/mol. The molecule has 2 unspecified atom stereocenters. The number of hydrogen-bond acceptors (Lipinski definition) is 10. The van der Waals surface area contributed by atoms with E-state index in [0.717, 1.165) is 30.1 Å². The van der Waals surface area contributed by atoms with E-state index in [1.807, 2.05) is 0 Å². The second kappa shape index (κ2) is 17.6. The molecule has 0 bridgehead atoms. The van der Waals surface area contributed by atoms with Crippen LogP contribution < -0.4 is 11.1 Å². The number of aliphatic hydroxyl groups excluding tert-OH is 1. The number of rotatable bonds is 10. The molecule has 1 heterocycles. The number of anilines is 2. The normalized spacial score (nSPS) is 17.6. The number of nitrogens with two attached hydrogens (primary N) is 1. The van der Waals surface area contributed by atoms with Crippen molar-refractivity contribution in [1.29, 1.82) is 0 Å². The number of ether oxygens (including phenoxy) is 1. The highest BCUT2D eigenvalue weighted by Crippen LogP contribution is 2.28. The Morgan fingerprint density at radius 1 is 1.38 bits per heavy atom. The molecule has 0 aromatic carbocycles. The molecule has 2 rings (SSSR count). The third-order valence-electron chi connectivity index (χ3n) is 3.89. The number of carbonyl (C=O) groups is 1. The summed E-state index contributed by atoms with van der Waals surface area (Å²) in [6.45, 7) is 8.15. The van der Waals surface area contributed by atoms with Crippen LogP contribution in [0.15, 0.2) is 5.16 Å². The third kappa shape index (κ3) is 15.1. The van der Waals surface area contributed by atoms with Gasteiger partial charge in [-0.1, -0.05) is 37.2 Å². The molecule has 186 valence electrons. The Labute approximate surface area is 204 Å². The summed E-state index contributed by atoms with van der Waals surface area (Å²) in [5.74, 6) is 0.916. The van der Waals surface area contributed by atoms with Crippen LogP contribution in [0.4, 0.5) is 11.5 Å². The highest BCUT2D eigenvalue weighted by Gasteiger charge is 2.21. The molecule has 1 aromatic rings. The zero-order valence-corrected chi connectivity index (χ0v) is 21.9. The first kappa shape index (κ1) is 31.2. The molecule has 1 aliphatic rings. The number of carbonyl (C=O) groups excluding carboxylic acids is 1. The van der Waals surface area contributed by atoms with Crippen molar-refractivity contribution in [2.24, 2.45) is 5.92 Å². The van der Waals surface area contributed by atoms with E-state index in [4.69, 9.17) is 36.5 Å². The number of nitrogen functional groups attached to an aromatic ring is 1. The quantitative estimate of drug-likeness (QED) is 0.0908. The van der Waals surface area contributed by atoms with Gasteiger partial charge in [-0.2, -0.15) is 0 Å². The largest absolute Gasteiger partial charge is 0.394 e. The molecule has 1 fully saturated rings. The maximum absolute atomic E-state index is 10.2. The molecule has 1 saturated carbocycles. The first-order valence-electron chi connectivity index (χ1n) is 10.4. The van der Waals surface area contributed by atoms with Gasteiger partial charge in [0.15, 0.2) is 21.9 Å². The molecular formula is C20H37ClN4O5S2. The lowest BCUT2D eigenvalue weighted by Crippen LogP contribution is -2.18. The highest BCUT2D eigenvalue weighted by molar-refractivity contribution is 7.99. The second-order valence-electron chi connectivity index (χ2n) is 7.50. The molecule has 0 aliphatic heterocycles. The van der Waals surface area contributed by atoms with E-state index in [2.05, 4.69) is 29.1 Å². The Morgan fingerprint density at radius 3 is 2.47 bits per heavy atom. The number of amides is 1. The van der Waals surface area contributed by atoms with Gasteiger partial charge in [0.05, 0.1) is 19.3 Å². The first-order chi connectivity index (χ1) is 15.1. The lowest BCUT2D eigenvalue weighted by molar-refractivity contribution is -0.105. The van der Waals surface area contributed by atoms with Crippen molar-refractivity contribution in [1.82, 2.24) is 9.97 Å². The summed E-state index contributed by atoms with van der Waals surface area (Å²) in [5.41, 5.74) is 5.87. The fourth-order valence-corrected chi connectivity index (χ4v) is 4.00. The first-order valence-corrected chi connectivity index (χ1v) is 12.9. The molecule has 1 aromatic heterocycles. The minimum absolute atomic E-state index is 0.158. The summed E-state index contributed by atoms with van der Waals surface area (Å²) in [7, 11) is 0. The van der Waals surface area contributed by atoms with Gasteiger partial charge in [-0.3, -0.25) is 8.98 Å². The van der Waals surface area contributed by atoms with Crippen LogP contribution in [0.5, 0.6) is 0 Å². The molecule has 1 aliphatic carbocycles. The van der Waals surface area contributed by atoms with Gasteiger partial charge in [0.25, 0.3) is 0 Å². The van der Waals surface area contributed by atoms with Crippen molar-refractivity contribution >= 4 is 53.3 Å². The van der Waals surface area contributed by atoms with Crippen LogP contribution in [-0.2, 0) is 13.7 Å². The minimum Gasteiger partial charge on any atom is -0.394 e. The molecule has 0 spiro atoms. The SMILES string of the molecule is CC1CCC(OCCO)C1.CCCSc1nc(N)c(NC=O)c(Cl)n1.CSOC(C)(C)O. The average Bonchev–Trinajstić information content (AvgIpc) is 3.13. The minimum atomic E-state index is -0.987. The summed E-state index contributed by atoms with van der Waals surface area (Å²) in [5, 5.41) is 20.3. The van der Waals surface area contributed by atoms with Gasteiger partial charge in [0, 0.05) is 12.0 Å². The van der Waals surface area contributed by atoms with Gasteiger partial charge >= 0.3 is 0 Å². The fourth-order valence-electron chi connectivity index (χ4n) is 2.61. The van der Waals surface area contributed by atoms with Crippen LogP contribution >= 0.6 is 35.4 Å². The van der Waals surface area contributed by atoms with Gasteiger partial charge < -0.3 is 26.0 Å². The second-order valence-corrected chi connectivity index (χ2v) is 9.42. The number of aliphatic hydroxyl groups is 2. The molecule has 32 heavy (non-hydrogen) atoms. The average molecular weight is 513 g/mol. The van der Waals surface area contributed by atoms with Crippen molar-refractivity contribution in [3.63, 3.8) is 0 Å². The van der Waals surface area contributed by atoms with Crippen molar-refractivity contribution in [3.05, 3.63) is 5.15 Å². The Kier molecular flexibility index (Phi) is 17.2. The number of aromatic nitrogens is 2. The predicted octanol–water partition coefficient (Wildman–Crippen LogP) is 3.98. The Bertz CT molecular complexity index is 630. The molecule has 12 heteroatoms. The zero-order valence-electron chi connectivity index (χ0n) is 19.5. The van der Waals surface area contributed by atoms with Crippen LogP contribution in [0.3, 0.4) is 0 Å². The molecule has 9 nitrogen and oxygen atoms in total.